The number of benzene rings is 1. The van der Waals surface area contributed by atoms with Crippen LogP contribution in [-0.2, 0) is 22.1 Å². The van der Waals surface area contributed by atoms with Crippen LogP contribution in [0.5, 0.6) is 0 Å². The minimum Gasteiger partial charge on any atom is -0.444 e. The van der Waals surface area contributed by atoms with Gasteiger partial charge in [0.2, 0.25) is 0 Å². The Morgan fingerprint density at radius 2 is 1.97 bits per heavy atom. The SMILES string of the molecule is O=C1O[C@@H](CCn2ccnn2)CN1c1cc(F)c(N2CC3(C2)CS(=O)C3)c(F)c1. The van der Waals surface area contributed by atoms with E-state index in [2.05, 4.69) is 10.3 Å². The molecule has 2 aromatic rings. The smallest absolute Gasteiger partial charge is 0.414 e. The first-order chi connectivity index (χ1) is 13.9. The van der Waals surface area contributed by atoms with Crippen LogP contribution in [-0.4, -0.2) is 62.5 Å². The van der Waals surface area contributed by atoms with Gasteiger partial charge in [-0.2, -0.15) is 0 Å². The number of anilines is 2. The molecule has 1 amide bonds. The van der Waals surface area contributed by atoms with Gasteiger partial charge in [0.15, 0.2) is 11.6 Å². The highest BCUT2D eigenvalue weighted by molar-refractivity contribution is 7.86. The highest BCUT2D eigenvalue weighted by atomic mass is 32.2. The zero-order chi connectivity index (χ0) is 20.2. The number of aryl methyl sites for hydroxylation is 1. The number of rotatable bonds is 5. The van der Waals surface area contributed by atoms with E-state index < -0.39 is 34.6 Å². The lowest BCUT2D eigenvalue weighted by atomic mass is 9.82. The molecule has 29 heavy (non-hydrogen) atoms. The predicted molar refractivity (Wildman–Crippen MR) is 101 cm³/mol. The first kappa shape index (κ1) is 18.5. The maximum atomic E-state index is 14.7. The van der Waals surface area contributed by atoms with E-state index in [1.165, 1.54) is 17.0 Å². The van der Waals surface area contributed by atoms with Crippen molar-refractivity contribution in [1.82, 2.24) is 15.0 Å². The van der Waals surface area contributed by atoms with Crippen molar-refractivity contribution in [3.8, 4) is 0 Å². The number of cyclic esters (lactones) is 1. The number of amides is 1. The van der Waals surface area contributed by atoms with Gasteiger partial charge in [-0.1, -0.05) is 5.21 Å². The lowest BCUT2D eigenvalue weighted by Gasteiger charge is -2.55. The van der Waals surface area contributed by atoms with Crippen molar-refractivity contribution in [2.45, 2.75) is 19.1 Å². The molecule has 3 saturated heterocycles. The molecule has 11 heteroatoms. The Morgan fingerprint density at radius 1 is 1.24 bits per heavy atom. The number of hydrogen-bond donors (Lipinski definition) is 0. The summed E-state index contributed by atoms with van der Waals surface area (Å²) < 4.78 is 47.7. The van der Waals surface area contributed by atoms with Crippen LogP contribution < -0.4 is 9.80 Å². The molecular weight excluding hydrogens is 404 g/mol. The summed E-state index contributed by atoms with van der Waals surface area (Å²) in [7, 11) is -0.798. The fourth-order valence-electron chi connectivity index (χ4n) is 4.27. The van der Waals surface area contributed by atoms with Crippen LogP contribution in [0.4, 0.5) is 25.0 Å². The molecule has 3 aliphatic rings. The highest BCUT2D eigenvalue weighted by Gasteiger charge is 2.52. The van der Waals surface area contributed by atoms with E-state index in [-0.39, 0.29) is 23.3 Å². The second-order valence-corrected chi connectivity index (χ2v) is 9.37. The summed E-state index contributed by atoms with van der Waals surface area (Å²) in [5.41, 5.74) is -0.0114. The maximum Gasteiger partial charge on any atom is 0.414 e. The second-order valence-electron chi connectivity index (χ2n) is 7.91. The van der Waals surface area contributed by atoms with E-state index in [1.54, 1.807) is 22.0 Å². The van der Waals surface area contributed by atoms with Crippen LogP contribution in [0.15, 0.2) is 24.5 Å². The molecule has 1 aromatic heterocycles. The van der Waals surface area contributed by atoms with Gasteiger partial charge in [0.25, 0.3) is 0 Å². The summed E-state index contributed by atoms with van der Waals surface area (Å²) in [5, 5.41) is 7.57. The molecule has 0 aliphatic carbocycles. The third kappa shape index (κ3) is 3.26. The van der Waals surface area contributed by atoms with Crippen molar-refractivity contribution in [1.29, 1.82) is 0 Å². The molecule has 0 N–H and O–H groups in total. The minimum atomic E-state index is -0.798. The topological polar surface area (TPSA) is 80.6 Å². The maximum absolute atomic E-state index is 14.7. The quantitative estimate of drug-likeness (QED) is 0.726. The Hall–Kier alpha value is -2.56. The number of halogens is 2. The van der Waals surface area contributed by atoms with Crippen molar-refractivity contribution >= 4 is 28.3 Å². The predicted octanol–water partition coefficient (Wildman–Crippen LogP) is 1.54. The number of hydrogen-bond acceptors (Lipinski definition) is 6. The van der Waals surface area contributed by atoms with Crippen LogP contribution in [0, 0.1) is 17.0 Å². The molecule has 1 aromatic carbocycles. The van der Waals surface area contributed by atoms with Crippen molar-refractivity contribution in [2.24, 2.45) is 5.41 Å². The Labute approximate surface area is 167 Å². The molecule has 0 unspecified atom stereocenters. The van der Waals surface area contributed by atoms with Gasteiger partial charge in [-0.05, 0) is 0 Å². The average molecular weight is 423 g/mol. The normalized spacial score (nSPS) is 23.2. The molecule has 5 rings (SSSR count). The summed E-state index contributed by atoms with van der Waals surface area (Å²) in [6.45, 7) is 1.74. The molecule has 0 bridgehead atoms. The molecular formula is C18H19F2N5O3S. The molecule has 4 heterocycles. The summed E-state index contributed by atoms with van der Waals surface area (Å²) in [6.07, 6.45) is 2.77. The Bertz CT molecular complexity index is 947. The van der Waals surface area contributed by atoms with Crippen molar-refractivity contribution in [2.75, 3.05) is 40.9 Å². The molecule has 0 radical (unpaired) electrons. The average Bonchev–Trinajstić information content (AvgIpc) is 3.25. The summed E-state index contributed by atoms with van der Waals surface area (Å²) in [5.74, 6) is -0.232. The van der Waals surface area contributed by atoms with Crippen LogP contribution in [0.1, 0.15) is 6.42 Å². The van der Waals surface area contributed by atoms with Crippen molar-refractivity contribution < 1.29 is 22.5 Å². The zero-order valence-corrected chi connectivity index (χ0v) is 16.3. The summed E-state index contributed by atoms with van der Waals surface area (Å²) in [6, 6.07) is 2.34. The molecule has 154 valence electrons. The van der Waals surface area contributed by atoms with Crippen LogP contribution in [0.3, 0.4) is 0 Å². The van der Waals surface area contributed by atoms with E-state index in [4.69, 9.17) is 4.74 Å². The first-order valence-corrected chi connectivity index (χ1v) is 10.8. The standard InChI is InChI=1S/C18H19F2N5O3S/c19-14-5-12(6-15(20)16(14)23-8-18(9-23)10-29(27)11-18)25-7-13(28-17(25)26)1-3-24-4-2-21-22-24/h2,4-6,13H,1,3,7-11H2/t13-/m0/s1. The molecule has 8 nitrogen and oxygen atoms in total. The fraction of sp³-hybridized carbons (Fsp3) is 0.500. The highest BCUT2D eigenvalue weighted by Crippen LogP contribution is 2.44. The fourth-order valence-corrected chi connectivity index (χ4v) is 5.91. The monoisotopic (exact) mass is 423 g/mol. The molecule has 0 saturated carbocycles. The molecule has 1 atom stereocenters. The van der Waals surface area contributed by atoms with Crippen molar-refractivity contribution in [3.63, 3.8) is 0 Å². The summed E-state index contributed by atoms with van der Waals surface area (Å²) in [4.78, 5) is 15.1. The van der Waals surface area contributed by atoms with Crippen molar-refractivity contribution in [3.05, 3.63) is 36.2 Å². The van der Waals surface area contributed by atoms with Gasteiger partial charge in [-0.3, -0.25) is 13.8 Å². The van der Waals surface area contributed by atoms with Gasteiger partial charge in [-0.15, -0.1) is 5.10 Å². The van der Waals surface area contributed by atoms with Gasteiger partial charge >= 0.3 is 6.09 Å². The van der Waals surface area contributed by atoms with E-state index in [0.717, 1.165) is 0 Å². The van der Waals surface area contributed by atoms with Gasteiger partial charge in [0.05, 0.1) is 18.4 Å². The Balaban J connectivity index is 1.26. The third-order valence-corrected chi connectivity index (χ3v) is 7.51. The molecule has 1 spiro atoms. The number of carbonyl (C=O) groups is 1. The Morgan fingerprint density at radius 3 is 2.59 bits per heavy atom. The lowest BCUT2D eigenvalue weighted by Crippen LogP contribution is -2.67. The third-order valence-electron chi connectivity index (χ3n) is 5.64. The van der Waals surface area contributed by atoms with E-state index in [0.29, 0.717) is 37.6 Å². The summed E-state index contributed by atoms with van der Waals surface area (Å²) >= 11 is 0. The Kier molecular flexibility index (Phi) is 4.30. The van der Waals surface area contributed by atoms with Gasteiger partial charge in [0, 0.05) is 72.1 Å². The first-order valence-electron chi connectivity index (χ1n) is 9.34. The molecule has 3 fully saturated rings. The van der Waals surface area contributed by atoms with Crippen LogP contribution >= 0.6 is 0 Å². The van der Waals surface area contributed by atoms with E-state index in [1.807, 2.05) is 0 Å². The van der Waals surface area contributed by atoms with E-state index in [9.17, 15) is 17.8 Å². The number of carbonyl (C=O) groups excluding carboxylic acids is 1. The second kappa shape index (κ2) is 6.75. The number of aromatic nitrogens is 3. The van der Waals surface area contributed by atoms with Gasteiger partial charge in [0.1, 0.15) is 11.8 Å². The number of ether oxygens (including phenoxy) is 1. The van der Waals surface area contributed by atoms with Gasteiger partial charge < -0.3 is 9.64 Å². The molecule has 3 aliphatic heterocycles. The van der Waals surface area contributed by atoms with Gasteiger partial charge in [-0.25, -0.2) is 13.6 Å². The van der Waals surface area contributed by atoms with Crippen LogP contribution in [0.25, 0.3) is 0 Å². The zero-order valence-electron chi connectivity index (χ0n) is 15.5. The minimum absolute atomic E-state index is 0.0571. The van der Waals surface area contributed by atoms with Crippen LogP contribution in [0.2, 0.25) is 0 Å². The lowest BCUT2D eigenvalue weighted by molar-refractivity contribution is 0.133. The largest absolute Gasteiger partial charge is 0.444 e. The van der Waals surface area contributed by atoms with E-state index >= 15 is 0 Å². The number of nitrogens with zero attached hydrogens (tertiary/aromatic N) is 5.